The van der Waals surface area contributed by atoms with E-state index in [0.29, 0.717) is 12.2 Å². The first-order chi connectivity index (χ1) is 5.60. The van der Waals surface area contributed by atoms with Gasteiger partial charge < -0.3 is 4.74 Å². The van der Waals surface area contributed by atoms with Crippen molar-refractivity contribution < 1.29 is 9.53 Å². The Hall–Kier alpha value is -0.630. The van der Waals surface area contributed by atoms with Crippen molar-refractivity contribution in [3.63, 3.8) is 0 Å². The van der Waals surface area contributed by atoms with Gasteiger partial charge in [0.25, 0.3) is 0 Å². The number of carbonyl (C=O) groups is 1. The molecule has 3 aliphatic carbocycles. The smallest absolute Gasteiger partial charge is 0.145 e. The number of fused-ring (bicyclic) bond motifs is 2. The molecule has 66 valence electrons. The molecule has 0 N–H and O–H groups in total. The van der Waals surface area contributed by atoms with Gasteiger partial charge in [-0.25, -0.2) is 0 Å². The number of hydrogen-bond donors (Lipinski definition) is 0. The van der Waals surface area contributed by atoms with Gasteiger partial charge in [0.2, 0.25) is 0 Å². The van der Waals surface area contributed by atoms with Crippen molar-refractivity contribution in [2.45, 2.75) is 31.8 Å². The Balaban J connectivity index is 2.39. The highest BCUT2D eigenvalue weighted by Crippen LogP contribution is 2.46. The summed E-state index contributed by atoms with van der Waals surface area (Å²) >= 11 is 0. The van der Waals surface area contributed by atoms with Crippen molar-refractivity contribution >= 4 is 5.78 Å². The van der Waals surface area contributed by atoms with E-state index in [0.717, 1.165) is 12.8 Å². The second-order valence-electron chi connectivity index (χ2n) is 4.12. The zero-order valence-corrected chi connectivity index (χ0v) is 7.59. The van der Waals surface area contributed by atoms with Crippen LogP contribution in [0.1, 0.15) is 26.2 Å². The summed E-state index contributed by atoms with van der Waals surface area (Å²) < 4.78 is 5.37. The van der Waals surface area contributed by atoms with Crippen LogP contribution in [-0.2, 0) is 9.53 Å². The first-order valence-corrected chi connectivity index (χ1v) is 4.39. The molecule has 0 amide bonds. The van der Waals surface area contributed by atoms with Gasteiger partial charge in [0, 0.05) is 18.9 Å². The number of Topliss-reactive ketones (excluding diaryl/α,β-unsaturated/α-hetero) is 1. The number of rotatable bonds is 1. The third-order valence-electron chi connectivity index (χ3n) is 3.33. The van der Waals surface area contributed by atoms with Crippen LogP contribution in [0.4, 0.5) is 0 Å². The Morgan fingerprint density at radius 2 is 2.17 bits per heavy atom. The molecule has 3 aliphatic rings. The van der Waals surface area contributed by atoms with E-state index >= 15 is 0 Å². The van der Waals surface area contributed by atoms with E-state index in [9.17, 15) is 4.79 Å². The molecule has 1 fully saturated rings. The van der Waals surface area contributed by atoms with Gasteiger partial charge in [-0.3, -0.25) is 4.79 Å². The quantitative estimate of drug-likeness (QED) is 0.554. The molecule has 0 aliphatic heterocycles. The Morgan fingerprint density at radius 3 is 2.58 bits per heavy atom. The SMILES string of the molecule is COC12C=CC(C)(CC1)C(=O)C2. The standard InChI is InChI=1S/C10H14O2/c1-9-3-5-10(12-2,6-4-9)7-8(9)11/h3,5H,4,6-7H2,1-2H3. The summed E-state index contributed by atoms with van der Waals surface area (Å²) in [5, 5.41) is 0. The van der Waals surface area contributed by atoms with Crippen molar-refractivity contribution in [3.8, 4) is 0 Å². The maximum absolute atomic E-state index is 11.6. The van der Waals surface area contributed by atoms with Crippen LogP contribution in [0.3, 0.4) is 0 Å². The third kappa shape index (κ3) is 0.876. The van der Waals surface area contributed by atoms with E-state index in [4.69, 9.17) is 4.74 Å². The molecule has 0 saturated heterocycles. The van der Waals surface area contributed by atoms with Crippen LogP contribution in [0.15, 0.2) is 12.2 Å². The van der Waals surface area contributed by atoms with Gasteiger partial charge in [-0.1, -0.05) is 12.2 Å². The normalized spacial score (nSPS) is 45.3. The van der Waals surface area contributed by atoms with E-state index in [1.807, 2.05) is 13.0 Å². The first kappa shape index (κ1) is 7.99. The molecule has 0 radical (unpaired) electrons. The predicted octanol–water partition coefficient (Wildman–Crippen LogP) is 1.70. The highest BCUT2D eigenvalue weighted by atomic mass is 16.5. The van der Waals surface area contributed by atoms with Gasteiger partial charge in [0.1, 0.15) is 5.78 Å². The summed E-state index contributed by atoms with van der Waals surface area (Å²) in [4.78, 5) is 11.6. The fraction of sp³-hybridized carbons (Fsp3) is 0.700. The molecule has 0 aromatic heterocycles. The Kier molecular flexibility index (Phi) is 1.46. The molecule has 2 heteroatoms. The number of ketones is 1. The lowest BCUT2D eigenvalue weighted by atomic mass is 9.63. The van der Waals surface area contributed by atoms with Crippen LogP contribution >= 0.6 is 0 Å². The Morgan fingerprint density at radius 1 is 1.42 bits per heavy atom. The molecule has 2 unspecified atom stereocenters. The Bertz CT molecular complexity index is 257. The van der Waals surface area contributed by atoms with Crippen LogP contribution in [-0.4, -0.2) is 18.5 Å². The van der Waals surface area contributed by atoms with Crippen LogP contribution in [0.25, 0.3) is 0 Å². The lowest BCUT2D eigenvalue weighted by molar-refractivity contribution is -0.138. The average Bonchev–Trinajstić information content (AvgIpc) is 2.08. The fourth-order valence-electron chi connectivity index (χ4n) is 2.07. The molecule has 3 rings (SSSR count). The maximum Gasteiger partial charge on any atom is 0.145 e. The van der Waals surface area contributed by atoms with Crippen LogP contribution in [0, 0.1) is 5.41 Å². The average molecular weight is 166 g/mol. The van der Waals surface area contributed by atoms with Gasteiger partial charge >= 0.3 is 0 Å². The van der Waals surface area contributed by atoms with Gasteiger partial charge in [-0.05, 0) is 19.8 Å². The van der Waals surface area contributed by atoms with Crippen molar-refractivity contribution in [3.05, 3.63) is 12.2 Å². The number of ether oxygens (including phenoxy) is 1. The minimum Gasteiger partial charge on any atom is -0.374 e. The van der Waals surface area contributed by atoms with Crippen LogP contribution in [0.5, 0.6) is 0 Å². The number of methoxy groups -OCH3 is 1. The van der Waals surface area contributed by atoms with Crippen LogP contribution < -0.4 is 0 Å². The maximum atomic E-state index is 11.6. The van der Waals surface area contributed by atoms with E-state index < -0.39 is 0 Å². The first-order valence-electron chi connectivity index (χ1n) is 4.39. The molecular formula is C10H14O2. The summed E-state index contributed by atoms with van der Waals surface area (Å²) in [6.45, 7) is 2.02. The highest BCUT2D eigenvalue weighted by Gasteiger charge is 2.48. The number of carbonyl (C=O) groups excluding carboxylic acids is 1. The van der Waals surface area contributed by atoms with Crippen LogP contribution in [0.2, 0.25) is 0 Å². The van der Waals surface area contributed by atoms with Crippen molar-refractivity contribution in [1.82, 2.24) is 0 Å². The van der Waals surface area contributed by atoms with E-state index in [-0.39, 0.29) is 11.0 Å². The summed E-state index contributed by atoms with van der Waals surface area (Å²) in [5.74, 6) is 0.332. The molecule has 2 bridgehead atoms. The van der Waals surface area contributed by atoms with E-state index in [2.05, 4.69) is 6.08 Å². The Labute approximate surface area is 72.6 Å². The summed E-state index contributed by atoms with van der Waals surface area (Å²) in [5.41, 5.74) is -0.435. The lowest BCUT2D eigenvalue weighted by Crippen LogP contribution is -2.48. The van der Waals surface area contributed by atoms with Gasteiger partial charge in [-0.15, -0.1) is 0 Å². The molecule has 0 aromatic carbocycles. The van der Waals surface area contributed by atoms with Gasteiger partial charge in [-0.2, -0.15) is 0 Å². The zero-order valence-electron chi connectivity index (χ0n) is 7.59. The third-order valence-corrected chi connectivity index (χ3v) is 3.33. The van der Waals surface area contributed by atoms with Crippen molar-refractivity contribution in [2.24, 2.45) is 5.41 Å². The summed E-state index contributed by atoms with van der Waals surface area (Å²) in [6.07, 6.45) is 6.58. The van der Waals surface area contributed by atoms with E-state index in [1.54, 1.807) is 7.11 Å². The molecule has 12 heavy (non-hydrogen) atoms. The molecule has 2 atom stereocenters. The molecule has 0 aromatic rings. The van der Waals surface area contributed by atoms with Gasteiger partial charge in [0.15, 0.2) is 0 Å². The number of allylic oxidation sites excluding steroid dienone is 1. The molecule has 2 nitrogen and oxygen atoms in total. The monoisotopic (exact) mass is 166 g/mol. The van der Waals surface area contributed by atoms with Gasteiger partial charge in [0.05, 0.1) is 5.60 Å². The van der Waals surface area contributed by atoms with Crippen molar-refractivity contribution in [1.29, 1.82) is 0 Å². The molecule has 0 spiro atoms. The largest absolute Gasteiger partial charge is 0.374 e. The van der Waals surface area contributed by atoms with Crippen molar-refractivity contribution in [2.75, 3.05) is 7.11 Å². The molecule has 1 saturated carbocycles. The second-order valence-corrected chi connectivity index (χ2v) is 4.12. The topological polar surface area (TPSA) is 26.3 Å². The minimum atomic E-state index is -0.255. The lowest BCUT2D eigenvalue weighted by Gasteiger charge is -2.44. The molecule has 0 heterocycles. The molecular weight excluding hydrogens is 152 g/mol. The summed E-state index contributed by atoms with van der Waals surface area (Å²) in [6, 6.07) is 0. The summed E-state index contributed by atoms with van der Waals surface area (Å²) in [7, 11) is 1.69. The second kappa shape index (κ2) is 2.19. The minimum absolute atomic E-state index is 0.180. The fourth-order valence-corrected chi connectivity index (χ4v) is 2.07. The predicted molar refractivity (Wildman–Crippen MR) is 45.8 cm³/mol. The number of hydrogen-bond acceptors (Lipinski definition) is 2. The highest BCUT2D eigenvalue weighted by molar-refractivity contribution is 5.89. The van der Waals surface area contributed by atoms with E-state index in [1.165, 1.54) is 0 Å². The zero-order chi connectivity index (χ0) is 8.82.